The second-order valence-electron chi connectivity index (χ2n) is 7.16. The van der Waals surface area contributed by atoms with Crippen LogP contribution in [0.5, 0.6) is 0 Å². The van der Waals surface area contributed by atoms with Crippen LogP contribution in [-0.2, 0) is 10.5 Å². The van der Waals surface area contributed by atoms with Gasteiger partial charge in [-0.15, -0.1) is 3.89 Å². The first kappa shape index (κ1) is 21.3. The second-order valence-corrected chi connectivity index (χ2v) is 13.5. The van der Waals surface area contributed by atoms with Crippen LogP contribution in [-0.4, -0.2) is 37.6 Å². The normalized spacial score (nSPS) is 29.8. The molecule has 0 saturated heterocycles. The maximum absolute atomic E-state index is 11.4. The molecule has 0 unspecified atom stereocenters. The third kappa shape index (κ3) is 4.90. The van der Waals surface area contributed by atoms with E-state index >= 15 is 0 Å². The van der Waals surface area contributed by atoms with Gasteiger partial charge in [-0.1, -0.05) is 0 Å². The third-order valence-electron chi connectivity index (χ3n) is 5.12. The Bertz CT molecular complexity index is 440. The molecule has 21 heavy (non-hydrogen) atoms. The Hall–Kier alpha value is 0.319. The van der Waals surface area contributed by atoms with Crippen LogP contribution >= 0.6 is 0 Å². The van der Waals surface area contributed by atoms with E-state index in [9.17, 15) is 8.99 Å². The number of hydrogen-bond acceptors (Lipinski definition) is 4. The van der Waals surface area contributed by atoms with Gasteiger partial charge in [0.05, 0.1) is 0 Å². The number of hydrogen-bond donors (Lipinski definition) is 1. The Kier molecular flexibility index (Phi) is 6.94. The van der Waals surface area contributed by atoms with E-state index in [0.29, 0.717) is 5.92 Å². The van der Waals surface area contributed by atoms with Gasteiger partial charge in [0.15, 0.2) is 0 Å². The minimum Gasteiger partial charge on any atom is -0.722 e. The molecule has 1 rings (SSSR count). The van der Waals surface area contributed by atoms with E-state index in [0.717, 1.165) is 6.42 Å². The molecule has 0 aromatic carbocycles. The fourth-order valence-electron chi connectivity index (χ4n) is 3.64. The predicted octanol–water partition coefficient (Wildman–Crippen LogP) is 3.51. The third-order valence-corrected chi connectivity index (χ3v) is 10.1. The van der Waals surface area contributed by atoms with Crippen LogP contribution in [0, 0.1) is 11.3 Å². The van der Waals surface area contributed by atoms with Gasteiger partial charge in [-0.25, -0.2) is 8.42 Å². The molecule has 4 nitrogen and oxygen atoms in total. The van der Waals surface area contributed by atoms with Crippen LogP contribution in [0.15, 0.2) is 0 Å². The fraction of sp³-hybridized carbons (Fsp3) is 1.00. The molecule has 0 radical (unpaired) electrons. The molecule has 1 fully saturated rings. The van der Waals surface area contributed by atoms with Crippen molar-refractivity contribution in [3.8, 4) is 0 Å². The maximum atomic E-state index is 11.4. The van der Waals surface area contributed by atoms with E-state index in [2.05, 4.69) is 46.3 Å². The first-order valence-corrected chi connectivity index (χ1v) is 12.6. The van der Waals surface area contributed by atoms with Gasteiger partial charge in [0, 0.05) is 0 Å². The van der Waals surface area contributed by atoms with Crippen molar-refractivity contribution in [2.45, 2.75) is 75.4 Å². The topological polar surface area (TPSA) is 77.4 Å². The Morgan fingerprint density at radius 1 is 1.33 bits per heavy atom. The van der Waals surface area contributed by atoms with Crippen molar-refractivity contribution in [1.29, 1.82) is 0 Å². The average Bonchev–Trinajstić information content (AvgIpc) is 2.22. The van der Waals surface area contributed by atoms with E-state index in [1.165, 1.54) is 12.8 Å². The van der Waals surface area contributed by atoms with Crippen molar-refractivity contribution in [2.24, 2.45) is 11.3 Å². The monoisotopic (exact) mass is 392 g/mol. The van der Waals surface area contributed by atoms with Gasteiger partial charge in [-0.3, -0.25) is 0 Å². The minimum atomic E-state index is -5.42. The molecule has 0 heterocycles. The summed E-state index contributed by atoms with van der Waals surface area (Å²) in [5, 5.41) is 11.4. The van der Waals surface area contributed by atoms with Crippen LogP contribution in [0.1, 0.15) is 53.9 Å². The van der Waals surface area contributed by atoms with Crippen molar-refractivity contribution < 1.29 is 22.0 Å². The number of aliphatic hydroxyl groups is 1. The Labute approximate surface area is 133 Å². The van der Waals surface area contributed by atoms with Crippen molar-refractivity contribution >= 4 is 24.4 Å². The second kappa shape index (κ2) is 6.83. The molecule has 0 spiro atoms. The minimum absolute atomic E-state index is 0.0575. The molecular weight excluding hydrogens is 362 g/mol. The number of halogens is 1. The molecule has 0 aromatic rings. The van der Waals surface area contributed by atoms with Gasteiger partial charge in [0.1, 0.15) is 0 Å². The molecule has 0 amide bonds. The van der Waals surface area contributed by atoms with Gasteiger partial charge >= 0.3 is 106 Å². The molecule has 1 aliphatic rings. The molecule has 0 bridgehead atoms. The van der Waals surface area contributed by atoms with Crippen LogP contribution in [0.3, 0.4) is 0 Å². The molecule has 128 valence electrons. The summed E-state index contributed by atoms with van der Waals surface area (Å²) in [4.78, 5) is 0. The average molecular weight is 391 g/mol. The Morgan fingerprint density at radius 3 is 2.00 bits per heavy atom. The summed E-state index contributed by atoms with van der Waals surface area (Å²) >= 11 is -0.752. The van der Waals surface area contributed by atoms with E-state index < -0.39 is 30.0 Å². The van der Waals surface area contributed by atoms with Gasteiger partial charge in [0.2, 0.25) is 0 Å². The zero-order valence-corrected chi connectivity index (χ0v) is 16.6. The molecule has 0 aromatic heterocycles. The molecule has 2 atom stereocenters. The van der Waals surface area contributed by atoms with E-state index in [1.807, 2.05) is 0 Å². The summed E-state index contributed by atoms with van der Waals surface area (Å²) in [6, 6.07) is 0. The molecule has 1 N–H and O–H groups in total. The molecular formula is C14H29FO4SSe. The Morgan fingerprint density at radius 2 is 1.71 bits per heavy atom. The van der Waals surface area contributed by atoms with Crippen LogP contribution in [0.2, 0.25) is 16.0 Å². The summed E-state index contributed by atoms with van der Waals surface area (Å²) in [6.45, 7) is 11.4. The van der Waals surface area contributed by atoms with Crippen LogP contribution in [0.4, 0.5) is 3.89 Å². The summed E-state index contributed by atoms with van der Waals surface area (Å²) in [5.41, 5.74) is -0.436. The van der Waals surface area contributed by atoms with Gasteiger partial charge < -0.3 is 4.55 Å². The largest absolute Gasteiger partial charge is 0.722 e. The fourth-order valence-corrected chi connectivity index (χ4v) is 5.94. The van der Waals surface area contributed by atoms with Gasteiger partial charge in [0.25, 0.3) is 10.5 Å². The van der Waals surface area contributed by atoms with Crippen molar-refractivity contribution in [3.63, 3.8) is 0 Å². The summed E-state index contributed by atoms with van der Waals surface area (Å²) in [5.74, 6) is 5.14. The van der Waals surface area contributed by atoms with E-state index in [-0.39, 0.29) is 9.73 Å². The maximum Gasteiger partial charge on any atom is 0.255 e. The smallest absolute Gasteiger partial charge is 0.255 e. The van der Waals surface area contributed by atoms with Crippen molar-refractivity contribution in [3.05, 3.63) is 0 Å². The summed E-state index contributed by atoms with van der Waals surface area (Å²) in [7, 11) is -5.42. The molecule has 7 heteroatoms. The zero-order valence-electron chi connectivity index (χ0n) is 14.1. The molecule has 0 aliphatic heterocycles. The molecule has 1 saturated carbocycles. The number of rotatable bonds is 2. The zero-order chi connectivity index (χ0) is 17.3. The first-order valence-electron chi connectivity index (χ1n) is 7.03. The Balaban J connectivity index is 0.000000690. The predicted molar refractivity (Wildman–Crippen MR) is 84.1 cm³/mol. The standard InChI is InChI=1S/C14H29OSe.FHO3S/c1-11-9-8-10-12(2,3)14(11,15)13(4,5)16(6)7;1-5(2,3)4/h11,15H,8-10H2,1-7H3;(H,2,3,4)/q+1;/p-1/t11-,14-;/m1./s1. The van der Waals surface area contributed by atoms with E-state index in [4.69, 9.17) is 13.0 Å². The summed E-state index contributed by atoms with van der Waals surface area (Å²) in [6.07, 6.45) is 3.61. The van der Waals surface area contributed by atoms with Gasteiger partial charge in [-0.05, 0) is 0 Å². The van der Waals surface area contributed by atoms with Gasteiger partial charge in [-0.2, -0.15) is 0 Å². The first-order chi connectivity index (χ1) is 9.07. The van der Waals surface area contributed by atoms with E-state index in [1.54, 1.807) is 0 Å². The SMILES string of the molecule is C[C@@H]1CCCC(C)(C)[C@@]1(O)C(C)(C)[Se+](C)C.O=S(=O)([O-])F. The quantitative estimate of drug-likeness (QED) is 0.444. The molecule has 1 aliphatic carbocycles. The summed E-state index contributed by atoms with van der Waals surface area (Å²) < 4.78 is 35.4. The van der Waals surface area contributed by atoms with Crippen LogP contribution < -0.4 is 0 Å². The van der Waals surface area contributed by atoms with Crippen LogP contribution in [0.25, 0.3) is 0 Å². The van der Waals surface area contributed by atoms with Crippen molar-refractivity contribution in [1.82, 2.24) is 0 Å². The van der Waals surface area contributed by atoms with Crippen molar-refractivity contribution in [2.75, 3.05) is 0 Å².